The van der Waals surface area contributed by atoms with Crippen LogP contribution in [0.4, 0.5) is 0 Å². The van der Waals surface area contributed by atoms with Crippen molar-refractivity contribution in [1.82, 2.24) is 25.0 Å². The van der Waals surface area contributed by atoms with Crippen LogP contribution >= 0.6 is 15.9 Å². The molecule has 1 N–H and O–H groups in total. The van der Waals surface area contributed by atoms with Crippen LogP contribution in [0, 0.1) is 11.8 Å². The molecule has 31 heavy (non-hydrogen) atoms. The van der Waals surface area contributed by atoms with Crippen molar-refractivity contribution in [3.63, 3.8) is 0 Å². The lowest BCUT2D eigenvalue weighted by Gasteiger charge is -2.37. The monoisotopic (exact) mass is 481 g/mol. The SMILES string of the molecule is CC1CCC(N2CCCC(C3=CCc4c(Br)cnn4C(NCc4cccnc4)=C3)C2)C1. The molecule has 2 aromatic rings. The van der Waals surface area contributed by atoms with E-state index in [0.29, 0.717) is 5.92 Å². The lowest BCUT2D eigenvalue weighted by Crippen LogP contribution is -2.42. The fraction of sp³-hybridized carbons (Fsp3) is 0.520. The van der Waals surface area contributed by atoms with Gasteiger partial charge >= 0.3 is 0 Å². The van der Waals surface area contributed by atoms with Gasteiger partial charge in [0.05, 0.1) is 16.4 Å². The Morgan fingerprint density at radius 3 is 2.97 bits per heavy atom. The maximum absolute atomic E-state index is 4.66. The van der Waals surface area contributed by atoms with Crippen LogP contribution in [0.2, 0.25) is 0 Å². The van der Waals surface area contributed by atoms with Gasteiger partial charge in [-0.2, -0.15) is 5.10 Å². The number of halogens is 1. The van der Waals surface area contributed by atoms with Crippen LogP contribution in [0.1, 0.15) is 50.3 Å². The van der Waals surface area contributed by atoms with E-state index in [1.807, 2.05) is 24.7 Å². The number of hydrogen-bond acceptors (Lipinski definition) is 4. The summed E-state index contributed by atoms with van der Waals surface area (Å²) in [5, 5.41) is 8.29. The quantitative estimate of drug-likeness (QED) is 0.651. The average Bonchev–Trinajstić information content (AvgIpc) is 3.34. The molecule has 3 atom stereocenters. The fourth-order valence-corrected chi connectivity index (χ4v) is 5.88. The molecular weight excluding hydrogens is 450 g/mol. The summed E-state index contributed by atoms with van der Waals surface area (Å²) in [6, 6.07) is 4.89. The smallest absolute Gasteiger partial charge is 0.128 e. The van der Waals surface area contributed by atoms with E-state index in [2.05, 4.69) is 66.1 Å². The largest absolute Gasteiger partial charge is 0.366 e. The molecule has 5 rings (SSSR count). The summed E-state index contributed by atoms with van der Waals surface area (Å²) in [7, 11) is 0. The van der Waals surface area contributed by atoms with Gasteiger partial charge in [-0.3, -0.25) is 9.88 Å². The van der Waals surface area contributed by atoms with E-state index in [9.17, 15) is 0 Å². The standard InChI is InChI=1S/C25H32BrN5/c1-18-6-8-22(12-18)30-11-3-5-21(17-30)20-7-9-24-23(26)16-29-31(24)25(13-20)28-15-19-4-2-10-27-14-19/h2,4,7,10,13-14,16,18,21-22,28H,3,5-6,8-9,11-12,15,17H2,1H3. The molecule has 6 heteroatoms. The van der Waals surface area contributed by atoms with E-state index in [-0.39, 0.29) is 0 Å². The van der Waals surface area contributed by atoms with Crippen LogP contribution in [0.5, 0.6) is 0 Å². The first-order valence-electron chi connectivity index (χ1n) is 11.7. The minimum absolute atomic E-state index is 0.600. The number of piperidine rings is 1. The lowest BCUT2D eigenvalue weighted by atomic mass is 9.88. The highest BCUT2D eigenvalue weighted by molar-refractivity contribution is 9.10. The first kappa shape index (κ1) is 21.0. The Balaban J connectivity index is 1.37. The van der Waals surface area contributed by atoms with Crippen LogP contribution < -0.4 is 5.32 Å². The maximum atomic E-state index is 4.66. The zero-order chi connectivity index (χ0) is 21.2. The molecule has 1 aliphatic carbocycles. The van der Waals surface area contributed by atoms with E-state index >= 15 is 0 Å². The van der Waals surface area contributed by atoms with Gasteiger partial charge < -0.3 is 5.32 Å². The molecule has 0 radical (unpaired) electrons. The van der Waals surface area contributed by atoms with Crippen molar-refractivity contribution in [2.24, 2.45) is 11.8 Å². The number of rotatable bonds is 5. The summed E-state index contributed by atoms with van der Waals surface area (Å²) >= 11 is 3.70. The van der Waals surface area contributed by atoms with Crippen molar-refractivity contribution in [2.75, 3.05) is 13.1 Å². The maximum Gasteiger partial charge on any atom is 0.128 e. The van der Waals surface area contributed by atoms with Gasteiger partial charge in [-0.1, -0.05) is 19.1 Å². The van der Waals surface area contributed by atoms with Gasteiger partial charge in [0.1, 0.15) is 5.82 Å². The average molecular weight is 482 g/mol. The Morgan fingerprint density at radius 2 is 2.16 bits per heavy atom. The normalized spacial score (nSPS) is 26.7. The van der Waals surface area contributed by atoms with Gasteiger partial charge in [-0.05, 0) is 89.7 Å². The molecule has 0 spiro atoms. The van der Waals surface area contributed by atoms with E-state index in [1.54, 1.807) is 0 Å². The highest BCUT2D eigenvalue weighted by atomic mass is 79.9. The van der Waals surface area contributed by atoms with Gasteiger partial charge in [0.15, 0.2) is 0 Å². The number of aromatic nitrogens is 3. The molecule has 0 aromatic carbocycles. The van der Waals surface area contributed by atoms with Crippen LogP contribution in [0.25, 0.3) is 5.82 Å². The van der Waals surface area contributed by atoms with Gasteiger partial charge in [-0.15, -0.1) is 0 Å². The number of hydrogen-bond donors (Lipinski definition) is 1. The Kier molecular flexibility index (Phi) is 6.28. The first-order chi connectivity index (χ1) is 15.2. The number of nitrogens with zero attached hydrogens (tertiary/aromatic N) is 4. The zero-order valence-corrected chi connectivity index (χ0v) is 19.9. The molecule has 3 unspecified atom stereocenters. The molecule has 2 aliphatic heterocycles. The Labute approximate surface area is 193 Å². The van der Waals surface area contributed by atoms with Gasteiger partial charge in [-0.25, -0.2) is 4.68 Å². The zero-order valence-electron chi connectivity index (χ0n) is 18.3. The van der Waals surface area contributed by atoms with Crippen LogP contribution in [-0.4, -0.2) is 38.8 Å². The summed E-state index contributed by atoms with van der Waals surface area (Å²) in [6.45, 7) is 5.61. The Hall–Kier alpha value is -1.92. The van der Waals surface area contributed by atoms with E-state index in [4.69, 9.17) is 0 Å². The van der Waals surface area contributed by atoms with Crippen molar-refractivity contribution < 1.29 is 0 Å². The van der Waals surface area contributed by atoms with Crippen molar-refractivity contribution in [3.8, 4) is 0 Å². The second kappa shape index (κ2) is 9.29. The van der Waals surface area contributed by atoms with Crippen molar-refractivity contribution in [3.05, 3.63) is 64.2 Å². The highest BCUT2D eigenvalue weighted by Gasteiger charge is 2.32. The predicted octanol–water partition coefficient (Wildman–Crippen LogP) is 5.01. The molecule has 2 fully saturated rings. The molecule has 1 saturated heterocycles. The number of likely N-dealkylation sites (tertiary alicyclic amines) is 1. The van der Waals surface area contributed by atoms with Gasteiger partial charge in [0, 0.05) is 37.9 Å². The summed E-state index contributed by atoms with van der Waals surface area (Å²) in [5.74, 6) is 2.54. The molecule has 2 aromatic heterocycles. The summed E-state index contributed by atoms with van der Waals surface area (Å²) in [5.41, 5.74) is 3.84. The van der Waals surface area contributed by atoms with Gasteiger partial charge in [0.25, 0.3) is 0 Å². The Bertz CT molecular complexity index is 964. The third-order valence-corrected chi connectivity index (χ3v) is 7.85. The van der Waals surface area contributed by atoms with Crippen LogP contribution in [0.3, 0.4) is 0 Å². The van der Waals surface area contributed by atoms with Crippen LogP contribution in [-0.2, 0) is 13.0 Å². The molecule has 4 heterocycles. The third kappa shape index (κ3) is 4.65. The molecule has 0 bridgehead atoms. The van der Waals surface area contributed by atoms with Crippen molar-refractivity contribution >= 4 is 21.8 Å². The van der Waals surface area contributed by atoms with Crippen molar-refractivity contribution in [1.29, 1.82) is 0 Å². The minimum atomic E-state index is 0.600. The molecule has 1 saturated carbocycles. The molecule has 3 aliphatic rings. The summed E-state index contributed by atoms with van der Waals surface area (Å²) < 4.78 is 3.13. The number of pyridine rings is 1. The summed E-state index contributed by atoms with van der Waals surface area (Å²) in [4.78, 5) is 7.03. The Morgan fingerprint density at radius 1 is 1.23 bits per heavy atom. The van der Waals surface area contributed by atoms with E-state index in [0.717, 1.165) is 35.2 Å². The number of fused-ring (bicyclic) bond motifs is 1. The number of nitrogens with one attached hydrogen (secondary N) is 1. The summed E-state index contributed by atoms with van der Waals surface area (Å²) in [6.07, 6.45) is 18.0. The molecule has 164 valence electrons. The highest BCUT2D eigenvalue weighted by Crippen LogP contribution is 2.35. The van der Waals surface area contributed by atoms with Crippen LogP contribution in [0.15, 0.2) is 52.9 Å². The predicted molar refractivity (Wildman–Crippen MR) is 128 cm³/mol. The molecule has 5 nitrogen and oxygen atoms in total. The topological polar surface area (TPSA) is 46.0 Å². The number of allylic oxidation sites excluding steroid dienone is 2. The van der Waals surface area contributed by atoms with E-state index < -0.39 is 0 Å². The molecule has 0 amide bonds. The molecular formula is C25H32BrN5. The fourth-order valence-electron chi connectivity index (χ4n) is 5.46. The lowest BCUT2D eigenvalue weighted by molar-refractivity contribution is 0.136. The van der Waals surface area contributed by atoms with Gasteiger partial charge in [0.2, 0.25) is 0 Å². The second-order valence-electron chi connectivity index (χ2n) is 9.41. The minimum Gasteiger partial charge on any atom is -0.366 e. The first-order valence-corrected chi connectivity index (χ1v) is 12.5. The van der Waals surface area contributed by atoms with E-state index in [1.165, 1.54) is 62.0 Å². The second-order valence-corrected chi connectivity index (χ2v) is 10.3. The van der Waals surface area contributed by atoms with Crippen molar-refractivity contribution in [2.45, 2.75) is 58.0 Å². The third-order valence-electron chi connectivity index (χ3n) is 7.18.